The quantitative estimate of drug-likeness (QED) is 0.505. The summed E-state index contributed by atoms with van der Waals surface area (Å²) in [7, 11) is 0. The smallest absolute Gasteiger partial charge is 0.240 e. The van der Waals surface area contributed by atoms with Crippen LogP contribution in [0.25, 0.3) is 0 Å². The van der Waals surface area contributed by atoms with Gasteiger partial charge in [-0.05, 0) is 36.4 Å². The molecule has 2 amide bonds. The van der Waals surface area contributed by atoms with Gasteiger partial charge in [0.05, 0.1) is 11.2 Å². The monoisotopic (exact) mass is 441 g/mol. The van der Waals surface area contributed by atoms with Gasteiger partial charge in [0.25, 0.3) is 0 Å². The zero-order valence-corrected chi connectivity index (χ0v) is 16.0. The number of carbonyl (C=O) groups is 2. The summed E-state index contributed by atoms with van der Waals surface area (Å²) in [6.45, 7) is 0. The molecule has 0 atom stereocenters. The zero-order valence-electron chi connectivity index (χ0n) is 12.9. The number of nitrogens with one attached hydrogen (secondary N) is 2. The van der Waals surface area contributed by atoms with Crippen LogP contribution in [0.3, 0.4) is 0 Å². The second-order valence-corrected chi connectivity index (χ2v) is 6.77. The van der Waals surface area contributed by atoms with Gasteiger partial charge in [0.2, 0.25) is 11.8 Å². The van der Waals surface area contributed by atoms with Gasteiger partial charge in [-0.1, -0.05) is 45.2 Å². The Hall–Kier alpha value is -1.89. The maximum absolute atomic E-state index is 11.8. The normalized spacial score (nSPS) is 10.7. The molecular weight excluding hydrogens is 429 g/mol. The van der Waals surface area contributed by atoms with Crippen LogP contribution in [0.1, 0.15) is 18.4 Å². The van der Waals surface area contributed by atoms with Gasteiger partial charge in [0.15, 0.2) is 0 Å². The van der Waals surface area contributed by atoms with Gasteiger partial charge in [0.1, 0.15) is 0 Å². The highest BCUT2D eigenvalue weighted by molar-refractivity contribution is 9.10. The summed E-state index contributed by atoms with van der Waals surface area (Å²) in [5, 5.41) is 7.47. The molecule has 0 bridgehead atoms. The highest BCUT2D eigenvalue weighted by Gasteiger charge is 2.07. The fourth-order valence-corrected chi connectivity index (χ4v) is 2.54. The van der Waals surface area contributed by atoms with E-state index in [1.807, 2.05) is 12.1 Å². The van der Waals surface area contributed by atoms with Gasteiger partial charge >= 0.3 is 0 Å². The van der Waals surface area contributed by atoms with Crippen LogP contribution in [0.15, 0.2) is 52.0 Å². The van der Waals surface area contributed by atoms with Gasteiger partial charge in [-0.15, -0.1) is 0 Å². The molecule has 2 aromatic carbocycles. The summed E-state index contributed by atoms with van der Waals surface area (Å²) >= 11 is 15.1. The van der Waals surface area contributed by atoms with E-state index in [4.69, 9.17) is 23.2 Å². The van der Waals surface area contributed by atoms with E-state index in [1.165, 1.54) is 6.21 Å². The maximum Gasteiger partial charge on any atom is 0.240 e. The number of halogens is 3. The van der Waals surface area contributed by atoms with Crippen LogP contribution in [0.5, 0.6) is 0 Å². The van der Waals surface area contributed by atoms with Gasteiger partial charge in [-0.3, -0.25) is 9.59 Å². The number of nitrogens with zero attached hydrogens (tertiary/aromatic N) is 1. The van der Waals surface area contributed by atoms with Crippen LogP contribution < -0.4 is 10.7 Å². The molecule has 5 nitrogen and oxygen atoms in total. The summed E-state index contributed by atoms with van der Waals surface area (Å²) in [5.41, 5.74) is 3.65. The molecular formula is C17H14BrCl2N3O2. The molecule has 0 fully saturated rings. The zero-order chi connectivity index (χ0) is 18.2. The molecule has 2 aromatic rings. The van der Waals surface area contributed by atoms with Crippen molar-refractivity contribution in [1.82, 2.24) is 5.43 Å². The predicted molar refractivity (Wildman–Crippen MR) is 104 cm³/mol. The largest absolute Gasteiger partial charge is 0.326 e. The van der Waals surface area contributed by atoms with E-state index in [9.17, 15) is 9.59 Å². The Morgan fingerprint density at radius 3 is 2.40 bits per heavy atom. The Balaban J connectivity index is 1.75. The minimum absolute atomic E-state index is 0.0219. The van der Waals surface area contributed by atoms with E-state index in [-0.39, 0.29) is 24.7 Å². The first-order chi connectivity index (χ1) is 11.9. The van der Waals surface area contributed by atoms with Crippen LogP contribution in [0.4, 0.5) is 5.69 Å². The Bertz CT molecular complexity index is 795. The van der Waals surface area contributed by atoms with Crippen LogP contribution in [-0.2, 0) is 9.59 Å². The highest BCUT2D eigenvalue weighted by atomic mass is 79.9. The fourth-order valence-electron chi connectivity index (χ4n) is 1.82. The lowest BCUT2D eigenvalue weighted by molar-refractivity contribution is -0.124. The van der Waals surface area contributed by atoms with E-state index in [2.05, 4.69) is 31.8 Å². The molecule has 0 saturated carbocycles. The first kappa shape index (κ1) is 19.4. The third-order valence-corrected chi connectivity index (χ3v) is 4.15. The molecule has 130 valence electrons. The molecule has 0 heterocycles. The number of benzene rings is 2. The van der Waals surface area contributed by atoms with Crippen molar-refractivity contribution in [2.24, 2.45) is 5.10 Å². The average Bonchev–Trinajstić information content (AvgIpc) is 2.57. The van der Waals surface area contributed by atoms with E-state index in [0.717, 1.165) is 4.47 Å². The molecule has 0 unspecified atom stereocenters. The van der Waals surface area contributed by atoms with Gasteiger partial charge in [-0.25, -0.2) is 5.43 Å². The number of carbonyl (C=O) groups excluding carboxylic acids is 2. The van der Waals surface area contributed by atoms with Gasteiger partial charge in [-0.2, -0.15) is 5.10 Å². The Kier molecular flexibility index (Phi) is 7.43. The van der Waals surface area contributed by atoms with Crippen molar-refractivity contribution in [3.8, 4) is 0 Å². The van der Waals surface area contributed by atoms with Crippen LogP contribution >= 0.6 is 39.1 Å². The first-order valence-corrected chi connectivity index (χ1v) is 8.81. The molecule has 0 aliphatic carbocycles. The molecule has 0 spiro atoms. The van der Waals surface area contributed by atoms with Crippen molar-refractivity contribution in [3.63, 3.8) is 0 Å². The summed E-state index contributed by atoms with van der Waals surface area (Å²) in [5.74, 6) is -0.616. The molecule has 0 saturated heterocycles. The SMILES string of the molecule is O=C(CCC(=O)Nc1ccc(Br)cc1)NN=Cc1ccc(Cl)cc1Cl. The van der Waals surface area contributed by atoms with Crippen molar-refractivity contribution >= 4 is 62.8 Å². The third kappa shape index (κ3) is 6.86. The van der Waals surface area contributed by atoms with Crippen molar-refractivity contribution < 1.29 is 9.59 Å². The third-order valence-electron chi connectivity index (χ3n) is 3.06. The number of hydrazone groups is 1. The molecule has 0 aliphatic rings. The predicted octanol–water partition coefficient (Wildman–Crippen LogP) is 4.62. The minimum atomic E-state index is -0.368. The standard InChI is InChI=1S/C17H14BrCl2N3O2/c18-12-2-5-14(6-3-12)22-16(24)7-8-17(25)23-21-10-11-1-4-13(19)9-15(11)20/h1-6,9-10H,7-8H2,(H,22,24)(H,23,25). The summed E-state index contributed by atoms with van der Waals surface area (Å²) in [4.78, 5) is 23.5. The van der Waals surface area contributed by atoms with Crippen molar-refractivity contribution in [2.45, 2.75) is 12.8 Å². The number of hydrogen-bond donors (Lipinski definition) is 2. The lowest BCUT2D eigenvalue weighted by atomic mass is 10.2. The molecule has 0 aromatic heterocycles. The highest BCUT2D eigenvalue weighted by Crippen LogP contribution is 2.19. The Morgan fingerprint density at radius 2 is 1.72 bits per heavy atom. The molecule has 25 heavy (non-hydrogen) atoms. The van der Waals surface area contributed by atoms with E-state index in [0.29, 0.717) is 21.3 Å². The summed E-state index contributed by atoms with van der Waals surface area (Å²) in [6.07, 6.45) is 1.49. The lowest BCUT2D eigenvalue weighted by Crippen LogP contribution is -2.20. The van der Waals surface area contributed by atoms with E-state index >= 15 is 0 Å². The second-order valence-electron chi connectivity index (χ2n) is 5.01. The van der Waals surface area contributed by atoms with Crippen molar-refractivity contribution in [2.75, 3.05) is 5.32 Å². The van der Waals surface area contributed by atoms with Gasteiger partial charge < -0.3 is 5.32 Å². The number of hydrogen-bond acceptors (Lipinski definition) is 3. The maximum atomic E-state index is 11.8. The number of anilines is 1. The minimum Gasteiger partial charge on any atom is -0.326 e. The number of amides is 2. The second kappa shape index (κ2) is 9.56. The van der Waals surface area contributed by atoms with Crippen LogP contribution in [0.2, 0.25) is 10.0 Å². The topological polar surface area (TPSA) is 70.6 Å². The Labute approximate surface area is 163 Å². The molecule has 2 N–H and O–H groups in total. The molecule has 0 aliphatic heterocycles. The fraction of sp³-hybridized carbons (Fsp3) is 0.118. The van der Waals surface area contributed by atoms with Crippen molar-refractivity contribution in [3.05, 3.63) is 62.5 Å². The first-order valence-electron chi connectivity index (χ1n) is 7.26. The van der Waals surface area contributed by atoms with Crippen LogP contribution in [0, 0.1) is 0 Å². The summed E-state index contributed by atoms with van der Waals surface area (Å²) in [6, 6.07) is 12.1. The number of rotatable bonds is 6. The van der Waals surface area contributed by atoms with Crippen LogP contribution in [-0.4, -0.2) is 18.0 Å². The van der Waals surface area contributed by atoms with Crippen molar-refractivity contribution in [1.29, 1.82) is 0 Å². The van der Waals surface area contributed by atoms with E-state index < -0.39 is 0 Å². The Morgan fingerprint density at radius 1 is 1.04 bits per heavy atom. The molecule has 2 rings (SSSR count). The van der Waals surface area contributed by atoms with E-state index in [1.54, 1.807) is 30.3 Å². The summed E-state index contributed by atoms with van der Waals surface area (Å²) < 4.78 is 0.920. The molecule has 0 radical (unpaired) electrons. The molecule has 8 heteroatoms. The lowest BCUT2D eigenvalue weighted by Gasteiger charge is -2.05. The average molecular weight is 443 g/mol. The van der Waals surface area contributed by atoms with Gasteiger partial charge in [0, 0.05) is 33.6 Å².